The van der Waals surface area contributed by atoms with E-state index < -0.39 is 0 Å². The van der Waals surface area contributed by atoms with Crippen molar-refractivity contribution in [3.05, 3.63) is 59.7 Å². The van der Waals surface area contributed by atoms with Crippen LogP contribution in [0.1, 0.15) is 11.1 Å². The first-order chi connectivity index (χ1) is 9.33. The molecular formula is C16H19N3. The van der Waals surface area contributed by atoms with E-state index in [9.17, 15) is 0 Å². The number of hydrogen-bond donors (Lipinski definition) is 2. The van der Waals surface area contributed by atoms with Crippen molar-refractivity contribution >= 4 is 11.4 Å². The average Bonchev–Trinajstić information content (AvgIpc) is 2.81. The van der Waals surface area contributed by atoms with Gasteiger partial charge in [0.25, 0.3) is 0 Å². The molecule has 0 aromatic heterocycles. The maximum atomic E-state index is 3.26. The number of likely N-dealkylation sites (N-methyl/N-ethyl adjacent to an activating group) is 1. The standard InChI is InChI=1S/C16H19N3/c1-19-10-9-14-11-13(7-8-16(14)19)12-17-18-15-5-3-2-4-6-15/h2-8,11,17-18H,9-10,12H2,1H3. The number of anilines is 2. The highest BCUT2D eigenvalue weighted by Crippen LogP contribution is 2.27. The summed E-state index contributed by atoms with van der Waals surface area (Å²) >= 11 is 0. The maximum absolute atomic E-state index is 3.26. The van der Waals surface area contributed by atoms with Gasteiger partial charge in [0, 0.05) is 31.5 Å². The zero-order chi connectivity index (χ0) is 13.1. The summed E-state index contributed by atoms with van der Waals surface area (Å²) in [6.45, 7) is 1.96. The van der Waals surface area contributed by atoms with Crippen LogP contribution in [0.2, 0.25) is 0 Å². The smallest absolute Gasteiger partial charge is 0.0487 e. The van der Waals surface area contributed by atoms with Crippen molar-refractivity contribution in [2.75, 3.05) is 23.9 Å². The topological polar surface area (TPSA) is 27.3 Å². The van der Waals surface area contributed by atoms with Crippen LogP contribution in [-0.2, 0) is 13.0 Å². The molecule has 1 aliphatic rings. The average molecular weight is 253 g/mol. The molecule has 0 radical (unpaired) electrons. The van der Waals surface area contributed by atoms with Gasteiger partial charge in [0.1, 0.15) is 0 Å². The van der Waals surface area contributed by atoms with Gasteiger partial charge in [-0.25, -0.2) is 5.43 Å². The van der Waals surface area contributed by atoms with E-state index in [-0.39, 0.29) is 0 Å². The van der Waals surface area contributed by atoms with Crippen molar-refractivity contribution in [3.63, 3.8) is 0 Å². The fourth-order valence-corrected chi connectivity index (χ4v) is 2.50. The number of para-hydroxylation sites is 1. The first-order valence-corrected chi connectivity index (χ1v) is 6.70. The summed E-state index contributed by atoms with van der Waals surface area (Å²) in [7, 11) is 2.15. The molecule has 2 aromatic carbocycles. The van der Waals surface area contributed by atoms with Gasteiger partial charge in [-0.05, 0) is 35.7 Å². The van der Waals surface area contributed by atoms with Crippen LogP contribution in [-0.4, -0.2) is 13.6 Å². The normalized spacial score (nSPS) is 13.4. The Morgan fingerprint density at radius 2 is 1.95 bits per heavy atom. The number of fused-ring (bicyclic) bond motifs is 1. The third-order valence-electron chi connectivity index (χ3n) is 3.57. The predicted octanol–water partition coefficient (Wildman–Crippen LogP) is 2.80. The first-order valence-electron chi connectivity index (χ1n) is 6.70. The second-order valence-electron chi connectivity index (χ2n) is 4.98. The number of hydrazine groups is 1. The van der Waals surface area contributed by atoms with Crippen molar-refractivity contribution in [2.24, 2.45) is 0 Å². The zero-order valence-corrected chi connectivity index (χ0v) is 11.2. The molecule has 3 nitrogen and oxygen atoms in total. The Morgan fingerprint density at radius 3 is 2.79 bits per heavy atom. The lowest BCUT2D eigenvalue weighted by Crippen LogP contribution is -2.20. The van der Waals surface area contributed by atoms with Crippen molar-refractivity contribution < 1.29 is 0 Å². The van der Waals surface area contributed by atoms with E-state index >= 15 is 0 Å². The quantitative estimate of drug-likeness (QED) is 0.820. The van der Waals surface area contributed by atoms with E-state index in [0.29, 0.717) is 0 Å². The molecule has 0 aliphatic carbocycles. The van der Waals surface area contributed by atoms with E-state index in [1.807, 2.05) is 30.3 Å². The Bertz CT molecular complexity index is 551. The highest BCUT2D eigenvalue weighted by molar-refractivity contribution is 5.58. The molecule has 1 heterocycles. The van der Waals surface area contributed by atoms with Crippen LogP contribution < -0.4 is 15.8 Å². The summed E-state index contributed by atoms with van der Waals surface area (Å²) in [5, 5.41) is 0. The van der Waals surface area contributed by atoms with Crippen LogP contribution in [0.5, 0.6) is 0 Å². The molecular weight excluding hydrogens is 234 g/mol. The molecule has 19 heavy (non-hydrogen) atoms. The van der Waals surface area contributed by atoms with Crippen LogP contribution in [0, 0.1) is 0 Å². The van der Waals surface area contributed by atoms with Crippen molar-refractivity contribution in [1.82, 2.24) is 5.43 Å². The van der Waals surface area contributed by atoms with Crippen LogP contribution in [0.3, 0.4) is 0 Å². The fraction of sp³-hybridized carbons (Fsp3) is 0.250. The second kappa shape index (κ2) is 5.33. The van der Waals surface area contributed by atoms with Crippen LogP contribution >= 0.6 is 0 Å². The summed E-state index contributed by atoms with van der Waals surface area (Å²) in [4.78, 5) is 2.31. The van der Waals surface area contributed by atoms with Gasteiger partial charge in [-0.3, -0.25) is 0 Å². The van der Waals surface area contributed by atoms with E-state index in [4.69, 9.17) is 0 Å². The molecule has 0 atom stereocenters. The fourth-order valence-electron chi connectivity index (χ4n) is 2.50. The molecule has 0 saturated heterocycles. The minimum atomic E-state index is 0.825. The molecule has 3 heteroatoms. The number of nitrogens with zero attached hydrogens (tertiary/aromatic N) is 1. The van der Waals surface area contributed by atoms with E-state index in [0.717, 1.165) is 25.2 Å². The summed E-state index contributed by atoms with van der Waals surface area (Å²) in [6, 6.07) is 16.9. The van der Waals surface area contributed by atoms with Gasteiger partial charge in [0.2, 0.25) is 0 Å². The Labute approximate surface area is 114 Å². The molecule has 0 fully saturated rings. The Balaban J connectivity index is 1.59. The monoisotopic (exact) mass is 253 g/mol. The lowest BCUT2D eigenvalue weighted by atomic mass is 10.1. The highest BCUT2D eigenvalue weighted by atomic mass is 15.3. The van der Waals surface area contributed by atoms with Crippen LogP contribution in [0.15, 0.2) is 48.5 Å². The molecule has 1 aliphatic heterocycles. The van der Waals surface area contributed by atoms with Crippen molar-refractivity contribution in [1.29, 1.82) is 0 Å². The zero-order valence-electron chi connectivity index (χ0n) is 11.2. The molecule has 0 spiro atoms. The van der Waals surface area contributed by atoms with Gasteiger partial charge in [-0.1, -0.05) is 30.3 Å². The van der Waals surface area contributed by atoms with Gasteiger partial charge in [-0.15, -0.1) is 0 Å². The Kier molecular flexibility index (Phi) is 3.38. The summed E-state index contributed by atoms with van der Waals surface area (Å²) < 4.78 is 0. The molecule has 0 unspecified atom stereocenters. The summed E-state index contributed by atoms with van der Waals surface area (Å²) in [5.41, 5.74) is 11.7. The molecule has 98 valence electrons. The third-order valence-corrected chi connectivity index (χ3v) is 3.57. The SMILES string of the molecule is CN1CCc2cc(CNNc3ccccc3)ccc21. The lowest BCUT2D eigenvalue weighted by molar-refractivity contribution is 0.800. The van der Waals surface area contributed by atoms with Gasteiger partial charge in [-0.2, -0.15) is 0 Å². The maximum Gasteiger partial charge on any atom is 0.0487 e. The Hall–Kier alpha value is -2.00. The van der Waals surface area contributed by atoms with Crippen LogP contribution in [0.4, 0.5) is 11.4 Å². The largest absolute Gasteiger partial charge is 0.374 e. The number of nitrogens with one attached hydrogen (secondary N) is 2. The first kappa shape index (κ1) is 12.1. The van der Waals surface area contributed by atoms with E-state index in [1.54, 1.807) is 0 Å². The molecule has 2 N–H and O–H groups in total. The highest BCUT2D eigenvalue weighted by Gasteiger charge is 2.15. The lowest BCUT2D eigenvalue weighted by Gasteiger charge is -2.13. The number of rotatable bonds is 4. The minimum absolute atomic E-state index is 0.825. The number of hydrogen-bond acceptors (Lipinski definition) is 3. The summed E-state index contributed by atoms with van der Waals surface area (Å²) in [6.07, 6.45) is 1.16. The van der Waals surface area contributed by atoms with Gasteiger partial charge in [0.05, 0.1) is 0 Å². The summed E-state index contributed by atoms with van der Waals surface area (Å²) in [5.74, 6) is 0. The van der Waals surface area contributed by atoms with Gasteiger partial charge < -0.3 is 10.3 Å². The predicted molar refractivity (Wildman–Crippen MR) is 80.3 cm³/mol. The molecule has 0 amide bonds. The molecule has 0 saturated carbocycles. The minimum Gasteiger partial charge on any atom is -0.374 e. The van der Waals surface area contributed by atoms with Gasteiger partial charge in [0.15, 0.2) is 0 Å². The van der Waals surface area contributed by atoms with Crippen LogP contribution in [0.25, 0.3) is 0 Å². The van der Waals surface area contributed by atoms with Crippen molar-refractivity contribution in [2.45, 2.75) is 13.0 Å². The second-order valence-corrected chi connectivity index (χ2v) is 4.98. The van der Waals surface area contributed by atoms with Crippen molar-refractivity contribution in [3.8, 4) is 0 Å². The number of benzene rings is 2. The van der Waals surface area contributed by atoms with Gasteiger partial charge >= 0.3 is 0 Å². The van der Waals surface area contributed by atoms with E-state index in [1.165, 1.54) is 16.8 Å². The molecule has 3 rings (SSSR count). The molecule has 2 aromatic rings. The Morgan fingerprint density at radius 1 is 1.11 bits per heavy atom. The third kappa shape index (κ3) is 2.71. The molecule has 0 bridgehead atoms. The van der Waals surface area contributed by atoms with E-state index in [2.05, 4.69) is 41.0 Å².